The summed E-state index contributed by atoms with van der Waals surface area (Å²) in [6, 6.07) is 21.7. The first-order valence-corrected chi connectivity index (χ1v) is 12.4. The van der Waals surface area contributed by atoms with Crippen LogP contribution < -0.4 is 9.47 Å². The average Bonchev–Trinajstić information content (AvgIpc) is 3.55. The zero-order chi connectivity index (χ0) is 24.7. The lowest BCUT2D eigenvalue weighted by Gasteiger charge is -2.47. The summed E-state index contributed by atoms with van der Waals surface area (Å²) in [5.41, 5.74) is -0.887. The first-order chi connectivity index (χ1) is 17.6. The molecule has 36 heavy (non-hydrogen) atoms. The molecule has 7 rings (SSSR count). The molecule has 0 radical (unpaired) electrons. The van der Waals surface area contributed by atoms with E-state index >= 15 is 0 Å². The molecule has 4 aliphatic rings. The van der Waals surface area contributed by atoms with E-state index in [1.54, 1.807) is 49.6 Å². The van der Waals surface area contributed by atoms with Gasteiger partial charge in [-0.1, -0.05) is 48.5 Å². The Morgan fingerprint density at radius 2 is 1.47 bits per heavy atom. The lowest BCUT2D eigenvalue weighted by molar-refractivity contribution is 0.0101. The highest BCUT2D eigenvalue weighted by Gasteiger charge is 2.80. The molecule has 0 N–H and O–H groups in total. The van der Waals surface area contributed by atoms with Crippen molar-refractivity contribution in [3.05, 3.63) is 95.1 Å². The Hall–Kier alpha value is -3.77. The third kappa shape index (κ3) is 2.33. The third-order valence-corrected chi connectivity index (χ3v) is 8.83. The van der Waals surface area contributed by atoms with Crippen LogP contribution in [0.1, 0.15) is 55.4 Å². The second-order valence-electron chi connectivity index (χ2n) is 10.2. The van der Waals surface area contributed by atoms with Gasteiger partial charge in [0.15, 0.2) is 22.9 Å². The number of methoxy groups -OCH3 is 1. The fraction of sp³-hybridized carbons (Fsp3) is 0.300. The largest absolute Gasteiger partial charge is 0.497 e. The maximum Gasteiger partial charge on any atom is 0.193 e. The van der Waals surface area contributed by atoms with E-state index in [4.69, 9.17) is 9.47 Å². The molecule has 2 fully saturated rings. The zero-order valence-electron chi connectivity index (χ0n) is 19.9. The minimum atomic E-state index is -1.63. The summed E-state index contributed by atoms with van der Waals surface area (Å²) >= 11 is 0. The van der Waals surface area contributed by atoms with Crippen molar-refractivity contribution in [3.8, 4) is 11.5 Å². The molecule has 0 bridgehead atoms. The highest BCUT2D eigenvalue weighted by molar-refractivity contribution is 6.36. The summed E-state index contributed by atoms with van der Waals surface area (Å²) < 4.78 is 11.7. The Morgan fingerprint density at radius 1 is 0.833 bits per heavy atom. The Labute approximate surface area is 208 Å². The van der Waals surface area contributed by atoms with E-state index in [0.29, 0.717) is 34.7 Å². The number of carbonyl (C=O) groups is 3. The SMILES string of the molecule is COc1ccc([C@@H]2[C@H]3CCCN3C3(C(=O)c4ccccc4C3=O)[C@]23COc2ccccc2C3=O)cc1. The Morgan fingerprint density at radius 3 is 2.14 bits per heavy atom. The minimum absolute atomic E-state index is 0.0298. The number of hydrogen-bond donors (Lipinski definition) is 0. The summed E-state index contributed by atoms with van der Waals surface area (Å²) in [6.45, 7) is 0.553. The predicted octanol–water partition coefficient (Wildman–Crippen LogP) is 4.34. The summed E-state index contributed by atoms with van der Waals surface area (Å²) in [5.74, 6) is 0.0766. The smallest absolute Gasteiger partial charge is 0.193 e. The second kappa shape index (κ2) is 7.37. The van der Waals surface area contributed by atoms with E-state index in [-0.39, 0.29) is 30.0 Å². The van der Waals surface area contributed by atoms with Crippen molar-refractivity contribution in [1.82, 2.24) is 4.90 Å². The second-order valence-corrected chi connectivity index (χ2v) is 10.2. The van der Waals surface area contributed by atoms with E-state index in [0.717, 1.165) is 18.4 Å². The van der Waals surface area contributed by atoms with Crippen LogP contribution in [0.2, 0.25) is 0 Å². The fourth-order valence-corrected chi connectivity index (χ4v) is 7.50. The number of fused-ring (bicyclic) bond motifs is 5. The van der Waals surface area contributed by atoms with Crippen molar-refractivity contribution in [2.75, 3.05) is 20.3 Å². The summed E-state index contributed by atoms with van der Waals surface area (Å²) in [5, 5.41) is 0. The molecular weight excluding hydrogens is 454 g/mol. The number of para-hydroxylation sites is 1. The number of nitrogens with zero attached hydrogens (tertiary/aromatic N) is 1. The molecule has 0 amide bonds. The lowest BCUT2D eigenvalue weighted by atomic mass is 9.56. The van der Waals surface area contributed by atoms with Gasteiger partial charge in [0.2, 0.25) is 0 Å². The molecule has 0 saturated carbocycles. The van der Waals surface area contributed by atoms with Gasteiger partial charge >= 0.3 is 0 Å². The molecule has 6 nitrogen and oxygen atoms in total. The fourth-order valence-electron chi connectivity index (χ4n) is 7.50. The topological polar surface area (TPSA) is 72.9 Å². The van der Waals surface area contributed by atoms with Crippen LogP contribution in [-0.4, -0.2) is 54.1 Å². The van der Waals surface area contributed by atoms with Crippen molar-refractivity contribution in [2.45, 2.75) is 30.3 Å². The van der Waals surface area contributed by atoms with Crippen molar-refractivity contribution in [1.29, 1.82) is 0 Å². The van der Waals surface area contributed by atoms with Gasteiger partial charge in [-0.15, -0.1) is 0 Å². The standard InChI is InChI=1S/C30H25NO5/c1-35-19-14-12-18(13-15-19)25-23-10-6-16-31(23)30(27(33)20-7-2-3-8-21(20)28(30)34)29(25)17-36-24-11-5-4-9-22(24)26(29)32/h2-5,7-9,11-15,23,25H,6,10,16-17H2,1H3/t23-,25-,29-/m1/s1. The van der Waals surface area contributed by atoms with Gasteiger partial charge in [-0.25, -0.2) is 0 Å². The molecule has 3 atom stereocenters. The van der Waals surface area contributed by atoms with Crippen molar-refractivity contribution in [3.63, 3.8) is 0 Å². The van der Waals surface area contributed by atoms with E-state index in [1.807, 2.05) is 30.3 Å². The van der Waals surface area contributed by atoms with Crippen LogP contribution in [0.3, 0.4) is 0 Å². The molecule has 0 unspecified atom stereocenters. The molecule has 3 aromatic carbocycles. The van der Waals surface area contributed by atoms with E-state index in [2.05, 4.69) is 4.90 Å². The van der Waals surface area contributed by atoms with Crippen LogP contribution in [0.4, 0.5) is 0 Å². The van der Waals surface area contributed by atoms with Crippen molar-refractivity contribution in [2.24, 2.45) is 5.41 Å². The molecule has 6 heteroatoms. The molecule has 3 aliphatic heterocycles. The van der Waals surface area contributed by atoms with Gasteiger partial charge < -0.3 is 9.47 Å². The van der Waals surface area contributed by atoms with Gasteiger partial charge in [0.25, 0.3) is 0 Å². The van der Waals surface area contributed by atoms with Crippen LogP contribution in [0, 0.1) is 5.41 Å². The molecule has 0 aromatic heterocycles. The van der Waals surface area contributed by atoms with Gasteiger partial charge in [0.1, 0.15) is 23.5 Å². The van der Waals surface area contributed by atoms with E-state index < -0.39 is 16.9 Å². The van der Waals surface area contributed by atoms with Gasteiger partial charge in [-0.05, 0) is 49.2 Å². The number of ether oxygens (including phenoxy) is 2. The maximum absolute atomic E-state index is 14.7. The molecule has 2 spiro atoms. The number of ketones is 3. The van der Waals surface area contributed by atoms with Crippen LogP contribution in [0.5, 0.6) is 11.5 Å². The predicted molar refractivity (Wildman–Crippen MR) is 132 cm³/mol. The molecule has 180 valence electrons. The van der Waals surface area contributed by atoms with Crippen LogP contribution >= 0.6 is 0 Å². The molecule has 2 saturated heterocycles. The number of Topliss-reactive ketones (excluding diaryl/α,β-unsaturated/α-hetero) is 3. The van der Waals surface area contributed by atoms with Crippen molar-refractivity contribution < 1.29 is 23.9 Å². The average molecular weight is 480 g/mol. The number of benzene rings is 3. The first-order valence-electron chi connectivity index (χ1n) is 12.4. The quantitative estimate of drug-likeness (QED) is 0.510. The third-order valence-electron chi connectivity index (χ3n) is 8.83. The number of rotatable bonds is 2. The highest BCUT2D eigenvalue weighted by Crippen LogP contribution is 2.65. The van der Waals surface area contributed by atoms with Gasteiger partial charge in [-0.2, -0.15) is 0 Å². The Balaban J connectivity index is 1.54. The zero-order valence-corrected chi connectivity index (χ0v) is 19.9. The molecule has 3 heterocycles. The molecule has 1 aliphatic carbocycles. The first kappa shape index (κ1) is 21.5. The Kier molecular flexibility index (Phi) is 4.40. The van der Waals surface area contributed by atoms with Crippen LogP contribution in [0.15, 0.2) is 72.8 Å². The number of hydrogen-bond acceptors (Lipinski definition) is 6. The highest BCUT2D eigenvalue weighted by atomic mass is 16.5. The van der Waals surface area contributed by atoms with Crippen molar-refractivity contribution >= 4 is 17.3 Å². The van der Waals surface area contributed by atoms with Gasteiger partial charge in [-0.3, -0.25) is 19.3 Å². The van der Waals surface area contributed by atoms with Crippen LogP contribution in [0.25, 0.3) is 0 Å². The summed E-state index contributed by atoms with van der Waals surface area (Å²) in [7, 11) is 1.61. The summed E-state index contributed by atoms with van der Waals surface area (Å²) in [6.07, 6.45) is 1.66. The summed E-state index contributed by atoms with van der Waals surface area (Å²) in [4.78, 5) is 45.8. The Bertz CT molecular complexity index is 1410. The maximum atomic E-state index is 14.7. The van der Waals surface area contributed by atoms with E-state index in [9.17, 15) is 14.4 Å². The monoisotopic (exact) mass is 479 g/mol. The molecular formula is C30H25NO5. The lowest BCUT2D eigenvalue weighted by Crippen LogP contribution is -2.67. The minimum Gasteiger partial charge on any atom is -0.497 e. The van der Waals surface area contributed by atoms with Gasteiger partial charge in [0.05, 0.1) is 12.7 Å². The number of carbonyl (C=O) groups excluding carboxylic acids is 3. The molecule has 3 aromatic rings. The van der Waals surface area contributed by atoms with E-state index in [1.165, 1.54) is 0 Å². The van der Waals surface area contributed by atoms with Gasteiger partial charge in [0, 0.05) is 23.1 Å². The van der Waals surface area contributed by atoms with Crippen LogP contribution in [-0.2, 0) is 0 Å². The normalized spacial score (nSPS) is 27.8.